The molecule has 1 N–H and O–H groups in total. The van der Waals surface area contributed by atoms with Crippen LogP contribution in [0.1, 0.15) is 10.9 Å². The molecule has 8 heteroatoms. The first-order valence-corrected chi connectivity index (χ1v) is 7.36. The minimum atomic E-state index is -1.21. The highest BCUT2D eigenvalue weighted by Crippen LogP contribution is 2.42. The Morgan fingerprint density at radius 2 is 2.23 bits per heavy atom. The predicted octanol–water partition coefficient (Wildman–Crippen LogP) is 2.79. The van der Waals surface area contributed by atoms with Crippen LogP contribution in [-0.4, -0.2) is 40.5 Å². The summed E-state index contributed by atoms with van der Waals surface area (Å²) >= 11 is 1.08. The molecule has 0 aromatic heterocycles. The number of carboxylic acids is 1. The Morgan fingerprint density at radius 1 is 1.50 bits per heavy atom. The van der Waals surface area contributed by atoms with Crippen LogP contribution in [0.2, 0.25) is 0 Å². The lowest BCUT2D eigenvalue weighted by Crippen LogP contribution is -2.43. The summed E-state index contributed by atoms with van der Waals surface area (Å²) in [5.74, 6) is -2.72. The van der Waals surface area contributed by atoms with Crippen molar-refractivity contribution in [2.24, 2.45) is 0 Å². The molecule has 2 rings (SSSR count). The normalized spacial score (nSPS) is 20.7. The van der Waals surface area contributed by atoms with E-state index in [9.17, 15) is 23.5 Å². The number of carbonyl (C=O) groups is 2. The third-order valence-electron chi connectivity index (χ3n) is 3.05. The third kappa shape index (κ3) is 3.22. The zero-order chi connectivity index (χ0) is 16.3. The molecule has 2 atom stereocenters. The number of hydrogen-bond acceptors (Lipinski definition) is 4. The molecule has 1 heterocycles. The molecule has 118 valence electrons. The van der Waals surface area contributed by atoms with Crippen LogP contribution in [0.3, 0.4) is 0 Å². The van der Waals surface area contributed by atoms with Crippen LogP contribution >= 0.6 is 11.8 Å². The van der Waals surface area contributed by atoms with E-state index in [1.807, 2.05) is 0 Å². The Labute approximate surface area is 129 Å². The first kappa shape index (κ1) is 16.3. The third-order valence-corrected chi connectivity index (χ3v) is 4.35. The molecular formula is C14H13F2NO4S. The zero-order valence-corrected chi connectivity index (χ0v) is 12.2. The van der Waals surface area contributed by atoms with Crippen LogP contribution < -0.4 is 0 Å². The molecule has 0 radical (unpaired) electrons. The standard InChI is InChI=1S/C14H13F2NO4S/c1-2-5-21-14(20)17-11(13(18)19)7-22-12(17)9-4-3-8(15)6-10(9)16/h2-4,6,11-12H,1,5,7H2,(H,18,19). The van der Waals surface area contributed by atoms with Crippen molar-refractivity contribution in [1.29, 1.82) is 0 Å². The Kier molecular flexibility index (Phi) is 5.02. The summed E-state index contributed by atoms with van der Waals surface area (Å²) < 4.78 is 31.8. The fourth-order valence-electron chi connectivity index (χ4n) is 2.07. The van der Waals surface area contributed by atoms with Gasteiger partial charge in [0.15, 0.2) is 0 Å². The molecule has 1 saturated heterocycles. The number of hydrogen-bond donors (Lipinski definition) is 1. The van der Waals surface area contributed by atoms with Crippen molar-refractivity contribution >= 4 is 23.8 Å². The van der Waals surface area contributed by atoms with Crippen molar-refractivity contribution in [2.75, 3.05) is 12.4 Å². The van der Waals surface area contributed by atoms with E-state index in [1.54, 1.807) is 0 Å². The number of ether oxygens (including phenoxy) is 1. The molecule has 0 saturated carbocycles. The van der Waals surface area contributed by atoms with Crippen molar-refractivity contribution in [3.8, 4) is 0 Å². The summed E-state index contributed by atoms with van der Waals surface area (Å²) in [6.45, 7) is 3.30. The summed E-state index contributed by atoms with van der Waals surface area (Å²) in [7, 11) is 0. The van der Waals surface area contributed by atoms with Crippen LogP contribution in [0.25, 0.3) is 0 Å². The number of amides is 1. The van der Waals surface area contributed by atoms with E-state index in [0.29, 0.717) is 6.07 Å². The number of carbonyl (C=O) groups excluding carboxylic acids is 1. The number of carboxylic acid groups (broad SMARTS) is 1. The molecule has 5 nitrogen and oxygen atoms in total. The van der Waals surface area contributed by atoms with E-state index in [-0.39, 0.29) is 17.9 Å². The fourth-order valence-corrected chi connectivity index (χ4v) is 3.50. The number of nitrogens with zero attached hydrogens (tertiary/aromatic N) is 1. The summed E-state index contributed by atoms with van der Waals surface area (Å²) in [5, 5.41) is 8.31. The molecule has 1 fully saturated rings. The van der Waals surface area contributed by atoms with Gasteiger partial charge in [-0.15, -0.1) is 11.8 Å². The average molecular weight is 329 g/mol. The van der Waals surface area contributed by atoms with Crippen molar-refractivity contribution in [3.05, 3.63) is 48.1 Å². The predicted molar refractivity (Wildman–Crippen MR) is 76.4 cm³/mol. The van der Waals surface area contributed by atoms with E-state index < -0.39 is 35.1 Å². The maximum Gasteiger partial charge on any atom is 0.412 e. The van der Waals surface area contributed by atoms with E-state index in [4.69, 9.17) is 4.74 Å². The second kappa shape index (κ2) is 6.78. The van der Waals surface area contributed by atoms with Crippen molar-refractivity contribution in [2.45, 2.75) is 11.4 Å². The Morgan fingerprint density at radius 3 is 2.82 bits per heavy atom. The lowest BCUT2D eigenvalue weighted by Gasteiger charge is -2.26. The maximum atomic E-state index is 13.9. The van der Waals surface area contributed by atoms with Crippen molar-refractivity contribution < 1.29 is 28.2 Å². The molecule has 1 aliphatic heterocycles. The fraction of sp³-hybridized carbons (Fsp3) is 0.286. The molecule has 1 amide bonds. The second-order valence-electron chi connectivity index (χ2n) is 4.48. The van der Waals surface area contributed by atoms with Gasteiger partial charge in [0.1, 0.15) is 29.7 Å². The molecular weight excluding hydrogens is 316 g/mol. The second-order valence-corrected chi connectivity index (χ2v) is 5.59. The van der Waals surface area contributed by atoms with Gasteiger partial charge in [-0.3, -0.25) is 4.90 Å². The molecule has 0 aliphatic carbocycles. The summed E-state index contributed by atoms with van der Waals surface area (Å²) in [6.07, 6.45) is 0.454. The average Bonchev–Trinajstić information content (AvgIpc) is 2.89. The minimum absolute atomic E-state index is 0.0331. The highest BCUT2D eigenvalue weighted by atomic mass is 32.2. The lowest BCUT2D eigenvalue weighted by molar-refractivity contribution is -0.141. The van der Waals surface area contributed by atoms with Gasteiger partial charge >= 0.3 is 12.1 Å². The van der Waals surface area contributed by atoms with E-state index >= 15 is 0 Å². The van der Waals surface area contributed by atoms with E-state index in [0.717, 1.165) is 22.7 Å². The Bertz CT molecular complexity index is 611. The lowest BCUT2D eigenvalue weighted by atomic mass is 10.1. The van der Waals surface area contributed by atoms with Gasteiger partial charge in [0.2, 0.25) is 0 Å². The van der Waals surface area contributed by atoms with Crippen molar-refractivity contribution in [3.63, 3.8) is 0 Å². The van der Waals surface area contributed by atoms with Crippen LogP contribution in [0.15, 0.2) is 30.9 Å². The Hall–Kier alpha value is -2.09. The van der Waals surface area contributed by atoms with Gasteiger partial charge in [-0.05, 0) is 6.07 Å². The number of aliphatic carboxylic acids is 1. The molecule has 2 unspecified atom stereocenters. The molecule has 22 heavy (non-hydrogen) atoms. The maximum absolute atomic E-state index is 13.9. The summed E-state index contributed by atoms with van der Waals surface area (Å²) in [4.78, 5) is 24.3. The largest absolute Gasteiger partial charge is 0.480 e. The quantitative estimate of drug-likeness (QED) is 0.861. The number of benzene rings is 1. The topological polar surface area (TPSA) is 66.8 Å². The van der Waals surface area contributed by atoms with Crippen LogP contribution in [0, 0.1) is 11.6 Å². The van der Waals surface area contributed by atoms with Gasteiger partial charge in [-0.1, -0.05) is 18.7 Å². The molecule has 1 aromatic carbocycles. The first-order valence-electron chi connectivity index (χ1n) is 6.31. The smallest absolute Gasteiger partial charge is 0.412 e. The van der Waals surface area contributed by atoms with Gasteiger partial charge in [0.25, 0.3) is 0 Å². The SMILES string of the molecule is C=CCOC(=O)N1C(C(=O)O)CSC1c1ccc(F)cc1F. The molecule has 0 spiro atoms. The van der Waals surface area contributed by atoms with Gasteiger partial charge < -0.3 is 9.84 Å². The van der Waals surface area contributed by atoms with Crippen LogP contribution in [0.4, 0.5) is 13.6 Å². The van der Waals surface area contributed by atoms with Gasteiger partial charge in [-0.25, -0.2) is 18.4 Å². The van der Waals surface area contributed by atoms with Gasteiger partial charge in [0.05, 0.1) is 0 Å². The number of halogens is 2. The first-order chi connectivity index (χ1) is 10.5. The van der Waals surface area contributed by atoms with Gasteiger partial charge in [0, 0.05) is 17.4 Å². The number of rotatable bonds is 4. The molecule has 1 aromatic rings. The van der Waals surface area contributed by atoms with Gasteiger partial charge in [-0.2, -0.15) is 0 Å². The van der Waals surface area contributed by atoms with E-state index in [1.165, 1.54) is 12.1 Å². The summed E-state index contributed by atoms with van der Waals surface area (Å²) in [6, 6.07) is 1.80. The Balaban J connectivity index is 2.34. The zero-order valence-electron chi connectivity index (χ0n) is 11.4. The molecule has 1 aliphatic rings. The summed E-state index contributed by atoms with van der Waals surface area (Å²) in [5.41, 5.74) is 0.0331. The highest BCUT2D eigenvalue weighted by Gasteiger charge is 2.44. The minimum Gasteiger partial charge on any atom is -0.480 e. The van der Waals surface area contributed by atoms with E-state index in [2.05, 4.69) is 6.58 Å². The van der Waals surface area contributed by atoms with Crippen LogP contribution in [-0.2, 0) is 9.53 Å². The highest BCUT2D eigenvalue weighted by molar-refractivity contribution is 7.99. The van der Waals surface area contributed by atoms with Crippen LogP contribution in [0.5, 0.6) is 0 Å². The number of thioether (sulfide) groups is 1. The van der Waals surface area contributed by atoms with Crippen molar-refractivity contribution in [1.82, 2.24) is 4.90 Å². The molecule has 0 bridgehead atoms. The monoisotopic (exact) mass is 329 g/mol.